The normalized spacial score (nSPS) is 12.6. The van der Waals surface area contributed by atoms with Crippen molar-refractivity contribution in [3.05, 3.63) is 0 Å². The van der Waals surface area contributed by atoms with Crippen LogP contribution in [-0.2, 0) is 33.3 Å². The number of unbranched alkanes of at least 4 members (excludes halogenated alkanes) is 53. The highest BCUT2D eigenvalue weighted by Gasteiger charge is 2.25. The third-order valence-electron chi connectivity index (χ3n) is 16.6. The van der Waals surface area contributed by atoms with Crippen molar-refractivity contribution in [2.24, 2.45) is 0 Å². The molecule has 0 spiro atoms. The number of aliphatic carboxylic acids is 1. The predicted molar refractivity (Wildman–Crippen MR) is 342 cm³/mol. The van der Waals surface area contributed by atoms with Crippen molar-refractivity contribution in [1.82, 2.24) is 0 Å². The molecule has 0 aromatic carbocycles. The summed E-state index contributed by atoms with van der Waals surface area (Å²) in [6.45, 7) is 4.96. The molecule has 0 rings (SSSR count). The van der Waals surface area contributed by atoms with E-state index >= 15 is 0 Å². The van der Waals surface area contributed by atoms with Gasteiger partial charge in [0.25, 0.3) is 6.29 Å². The lowest BCUT2D eigenvalue weighted by molar-refractivity contribution is -0.870. The summed E-state index contributed by atoms with van der Waals surface area (Å²) in [5, 5.41) is 9.72. The second-order valence-electron chi connectivity index (χ2n) is 25.9. The van der Waals surface area contributed by atoms with Crippen LogP contribution in [0.15, 0.2) is 0 Å². The van der Waals surface area contributed by atoms with Gasteiger partial charge in [0.2, 0.25) is 0 Å². The molecule has 0 aliphatic carbocycles. The van der Waals surface area contributed by atoms with Crippen LogP contribution in [0.1, 0.15) is 380 Å². The van der Waals surface area contributed by atoms with Crippen molar-refractivity contribution >= 4 is 17.9 Å². The number of carboxylic acid groups (broad SMARTS) is 1. The van der Waals surface area contributed by atoms with E-state index in [4.69, 9.17) is 18.9 Å². The van der Waals surface area contributed by atoms with Gasteiger partial charge < -0.3 is 28.5 Å². The lowest BCUT2D eigenvalue weighted by atomic mass is 10.0. The Labute approximate surface area is 498 Å². The third kappa shape index (κ3) is 63.9. The molecule has 80 heavy (non-hydrogen) atoms. The largest absolute Gasteiger partial charge is 0.477 e. The Bertz CT molecular complexity index is 1270. The fraction of sp³-hybridized carbons (Fsp3) is 0.958. The van der Waals surface area contributed by atoms with Gasteiger partial charge in [-0.3, -0.25) is 9.59 Å². The summed E-state index contributed by atoms with van der Waals surface area (Å²) in [6, 6.07) is 0. The van der Waals surface area contributed by atoms with Crippen LogP contribution in [0.4, 0.5) is 0 Å². The lowest BCUT2D eigenvalue weighted by Gasteiger charge is -2.25. The number of ether oxygens (including phenoxy) is 4. The molecule has 0 bridgehead atoms. The number of carbonyl (C=O) groups is 3. The van der Waals surface area contributed by atoms with Crippen molar-refractivity contribution in [3.63, 3.8) is 0 Å². The molecule has 0 aromatic rings. The first-order valence-electron chi connectivity index (χ1n) is 35.7. The molecule has 9 nitrogen and oxygen atoms in total. The number of rotatable bonds is 68. The molecule has 0 amide bonds. The van der Waals surface area contributed by atoms with Crippen molar-refractivity contribution in [2.75, 3.05) is 47.5 Å². The van der Waals surface area contributed by atoms with Crippen molar-refractivity contribution in [3.8, 4) is 0 Å². The zero-order valence-corrected chi connectivity index (χ0v) is 54.5. The Morgan fingerprint density at radius 3 is 0.800 bits per heavy atom. The van der Waals surface area contributed by atoms with Crippen LogP contribution >= 0.6 is 0 Å². The zero-order valence-electron chi connectivity index (χ0n) is 54.5. The monoisotopic (exact) mass is 1140 g/mol. The van der Waals surface area contributed by atoms with Gasteiger partial charge in [0.1, 0.15) is 13.2 Å². The molecule has 0 aliphatic heterocycles. The van der Waals surface area contributed by atoms with Crippen LogP contribution in [0.2, 0.25) is 0 Å². The number of quaternary nitrogens is 1. The molecule has 0 fully saturated rings. The standard InChI is InChI=1S/C71H139NO8/c1-6-8-10-12-14-16-18-20-22-23-24-25-26-27-28-29-30-31-32-33-34-35-36-37-38-39-40-41-42-43-44-45-46-48-50-52-54-56-58-60-62-69(74)80-67(66-79-71(70(75)76)77-64-63-72(3,4)5)65-78-68(73)61-59-57-55-53-51-49-47-21-19-17-15-13-11-9-7-2/h67,71H,6-66H2,1-5H3/p+1. The molecule has 476 valence electrons. The number of hydrogen-bond donors (Lipinski definition) is 1. The van der Waals surface area contributed by atoms with Crippen LogP contribution in [-0.4, -0.2) is 87.4 Å². The number of nitrogens with zero attached hydrogens (tertiary/aromatic N) is 1. The third-order valence-corrected chi connectivity index (χ3v) is 16.6. The van der Waals surface area contributed by atoms with Gasteiger partial charge in [-0.15, -0.1) is 0 Å². The van der Waals surface area contributed by atoms with Crippen LogP contribution in [0.3, 0.4) is 0 Å². The van der Waals surface area contributed by atoms with Crippen LogP contribution in [0, 0.1) is 0 Å². The highest BCUT2D eigenvalue weighted by atomic mass is 16.7. The van der Waals surface area contributed by atoms with E-state index in [-0.39, 0.29) is 38.2 Å². The minimum Gasteiger partial charge on any atom is -0.477 e. The van der Waals surface area contributed by atoms with E-state index in [1.165, 1.54) is 315 Å². The highest BCUT2D eigenvalue weighted by Crippen LogP contribution is 2.20. The molecule has 9 heteroatoms. The maximum Gasteiger partial charge on any atom is 0.361 e. The Kier molecular flexibility index (Phi) is 62.0. The molecule has 0 saturated carbocycles. The molecule has 1 N–H and O–H groups in total. The molecular weight excluding hydrogens is 995 g/mol. The Morgan fingerprint density at radius 2 is 0.562 bits per heavy atom. The van der Waals surface area contributed by atoms with E-state index in [9.17, 15) is 19.5 Å². The van der Waals surface area contributed by atoms with Crippen molar-refractivity contribution in [1.29, 1.82) is 0 Å². The van der Waals surface area contributed by atoms with Crippen LogP contribution in [0.5, 0.6) is 0 Å². The number of hydrogen-bond acceptors (Lipinski definition) is 7. The number of esters is 2. The maximum atomic E-state index is 12.9. The average molecular weight is 1140 g/mol. The molecule has 0 aromatic heterocycles. The van der Waals surface area contributed by atoms with E-state index in [0.717, 1.165) is 38.5 Å². The first-order valence-corrected chi connectivity index (χ1v) is 35.7. The molecule has 2 unspecified atom stereocenters. The highest BCUT2D eigenvalue weighted by molar-refractivity contribution is 5.71. The molecule has 0 aliphatic rings. The Hall–Kier alpha value is -1.71. The SMILES string of the molecule is CCCCCCCCCCCCCCCCCCCCCCCCCCCCCCCCCCCCCCCCCCC(=O)OC(COC(=O)CCCCCCCCCCCCCCCCC)COC(OCC[N+](C)(C)C)C(=O)O. The summed E-state index contributed by atoms with van der Waals surface area (Å²) in [7, 11) is 5.99. The lowest BCUT2D eigenvalue weighted by Crippen LogP contribution is -2.40. The predicted octanol–water partition coefficient (Wildman–Crippen LogP) is 21.9. The van der Waals surface area contributed by atoms with Gasteiger partial charge in [0.15, 0.2) is 6.10 Å². The summed E-state index contributed by atoms with van der Waals surface area (Å²) in [5.74, 6) is -1.97. The summed E-state index contributed by atoms with van der Waals surface area (Å²) in [6.07, 6.45) is 72.5. The van der Waals surface area contributed by atoms with Crippen molar-refractivity contribution in [2.45, 2.75) is 392 Å². The van der Waals surface area contributed by atoms with Crippen LogP contribution in [0.25, 0.3) is 0 Å². The smallest absolute Gasteiger partial charge is 0.361 e. The summed E-state index contributed by atoms with van der Waals surface area (Å²) in [4.78, 5) is 37.5. The summed E-state index contributed by atoms with van der Waals surface area (Å²) in [5.41, 5.74) is 0. The molecule has 0 radical (unpaired) electrons. The fourth-order valence-corrected chi connectivity index (χ4v) is 11.1. The fourth-order valence-electron chi connectivity index (χ4n) is 11.1. The second-order valence-corrected chi connectivity index (χ2v) is 25.9. The maximum absolute atomic E-state index is 12.9. The van der Waals surface area contributed by atoms with Gasteiger partial charge in [-0.2, -0.15) is 0 Å². The van der Waals surface area contributed by atoms with Gasteiger partial charge in [0, 0.05) is 12.8 Å². The summed E-state index contributed by atoms with van der Waals surface area (Å²) >= 11 is 0. The minimum atomic E-state index is -1.50. The number of likely N-dealkylation sites (N-methyl/N-ethyl adjacent to an activating group) is 1. The molecule has 2 atom stereocenters. The summed E-state index contributed by atoms with van der Waals surface area (Å²) < 4.78 is 23.0. The average Bonchev–Trinajstić information content (AvgIpc) is 3.43. The van der Waals surface area contributed by atoms with Gasteiger partial charge in [0.05, 0.1) is 34.4 Å². The number of carboxylic acids is 1. The molecule has 0 saturated heterocycles. The van der Waals surface area contributed by atoms with E-state index in [2.05, 4.69) is 13.8 Å². The van der Waals surface area contributed by atoms with E-state index in [1.54, 1.807) is 0 Å². The van der Waals surface area contributed by atoms with Gasteiger partial charge in [-0.25, -0.2) is 4.79 Å². The Morgan fingerprint density at radius 1 is 0.325 bits per heavy atom. The van der Waals surface area contributed by atoms with Crippen molar-refractivity contribution < 1.29 is 42.9 Å². The second kappa shape index (κ2) is 63.3. The van der Waals surface area contributed by atoms with Gasteiger partial charge >= 0.3 is 17.9 Å². The first kappa shape index (κ1) is 78.3. The quantitative estimate of drug-likeness (QED) is 0.0278. The Balaban J connectivity index is 3.87. The van der Waals surface area contributed by atoms with E-state index in [1.807, 2.05) is 21.1 Å². The molecule has 0 heterocycles. The minimum absolute atomic E-state index is 0.172. The number of carbonyl (C=O) groups excluding carboxylic acids is 2. The topological polar surface area (TPSA) is 108 Å². The van der Waals surface area contributed by atoms with E-state index in [0.29, 0.717) is 17.4 Å². The zero-order chi connectivity index (χ0) is 58.3. The van der Waals surface area contributed by atoms with Gasteiger partial charge in [-0.1, -0.05) is 354 Å². The van der Waals surface area contributed by atoms with Gasteiger partial charge in [-0.05, 0) is 12.8 Å². The first-order chi connectivity index (χ1) is 39.1. The van der Waals surface area contributed by atoms with E-state index < -0.39 is 18.4 Å². The van der Waals surface area contributed by atoms with Crippen LogP contribution < -0.4 is 0 Å². The molecular formula is C71H140NO8+.